The highest BCUT2D eigenvalue weighted by atomic mass is 16.2. The minimum atomic E-state index is -0.393. The van der Waals surface area contributed by atoms with Gasteiger partial charge in [0.15, 0.2) is 0 Å². The van der Waals surface area contributed by atoms with Gasteiger partial charge < -0.3 is 10.6 Å². The summed E-state index contributed by atoms with van der Waals surface area (Å²) in [6.07, 6.45) is 1.78. The van der Waals surface area contributed by atoms with Crippen molar-refractivity contribution in [3.05, 3.63) is 54.4 Å². The lowest BCUT2D eigenvalue weighted by atomic mass is 9.95. The molecule has 4 nitrogen and oxygen atoms in total. The first-order valence-electron chi connectivity index (χ1n) is 7.00. The van der Waals surface area contributed by atoms with E-state index < -0.39 is 5.41 Å². The maximum absolute atomic E-state index is 11.9. The quantitative estimate of drug-likeness (QED) is 0.900. The van der Waals surface area contributed by atoms with Gasteiger partial charge in [-0.3, -0.25) is 9.78 Å². The van der Waals surface area contributed by atoms with Crippen molar-refractivity contribution in [3.8, 4) is 0 Å². The summed E-state index contributed by atoms with van der Waals surface area (Å²) >= 11 is 0. The fraction of sp³-hybridized carbons (Fsp3) is 0.294. The third-order valence-corrected chi connectivity index (χ3v) is 3.02. The molecule has 0 aliphatic rings. The van der Waals surface area contributed by atoms with Gasteiger partial charge in [-0.05, 0) is 36.4 Å². The smallest absolute Gasteiger partial charge is 0.229 e. The van der Waals surface area contributed by atoms with Crippen molar-refractivity contribution in [2.45, 2.75) is 27.3 Å². The van der Waals surface area contributed by atoms with E-state index in [4.69, 9.17) is 0 Å². The van der Waals surface area contributed by atoms with Crippen LogP contribution in [0.5, 0.6) is 0 Å². The largest absolute Gasteiger partial charge is 0.379 e. The molecule has 0 fully saturated rings. The van der Waals surface area contributed by atoms with E-state index in [-0.39, 0.29) is 5.91 Å². The molecule has 1 amide bonds. The monoisotopic (exact) mass is 283 g/mol. The van der Waals surface area contributed by atoms with E-state index >= 15 is 0 Å². The van der Waals surface area contributed by atoms with Gasteiger partial charge in [0.25, 0.3) is 0 Å². The average Bonchev–Trinajstić information content (AvgIpc) is 2.46. The standard InChI is InChI=1S/C17H21N3O/c1-17(2,3)16(21)20-14-9-7-13(8-10-14)19-12-15-6-4-5-11-18-15/h4-11,19H,12H2,1-3H3,(H,20,21). The highest BCUT2D eigenvalue weighted by molar-refractivity contribution is 5.94. The first-order valence-corrected chi connectivity index (χ1v) is 7.00. The summed E-state index contributed by atoms with van der Waals surface area (Å²) in [7, 11) is 0. The van der Waals surface area contributed by atoms with Gasteiger partial charge in [-0.1, -0.05) is 26.8 Å². The third-order valence-electron chi connectivity index (χ3n) is 3.02. The number of hydrogen-bond acceptors (Lipinski definition) is 3. The molecule has 21 heavy (non-hydrogen) atoms. The van der Waals surface area contributed by atoms with Crippen molar-refractivity contribution in [2.24, 2.45) is 5.41 Å². The summed E-state index contributed by atoms with van der Waals surface area (Å²) in [5.74, 6) is 0.0108. The van der Waals surface area contributed by atoms with Crippen LogP contribution in [0.4, 0.5) is 11.4 Å². The van der Waals surface area contributed by atoms with Crippen LogP contribution >= 0.6 is 0 Å². The molecule has 0 spiro atoms. The van der Waals surface area contributed by atoms with Crippen LogP contribution in [0.3, 0.4) is 0 Å². The molecular weight excluding hydrogens is 262 g/mol. The molecule has 0 saturated heterocycles. The Morgan fingerprint density at radius 2 is 1.71 bits per heavy atom. The fourth-order valence-electron chi connectivity index (χ4n) is 1.69. The van der Waals surface area contributed by atoms with Crippen molar-refractivity contribution in [2.75, 3.05) is 10.6 Å². The molecular formula is C17H21N3O. The molecule has 2 aromatic rings. The van der Waals surface area contributed by atoms with Gasteiger partial charge in [0.2, 0.25) is 5.91 Å². The lowest BCUT2D eigenvalue weighted by molar-refractivity contribution is -0.123. The van der Waals surface area contributed by atoms with Crippen LogP contribution in [-0.4, -0.2) is 10.9 Å². The van der Waals surface area contributed by atoms with Gasteiger partial charge in [0.05, 0.1) is 12.2 Å². The van der Waals surface area contributed by atoms with E-state index in [0.29, 0.717) is 6.54 Å². The number of benzene rings is 1. The number of aromatic nitrogens is 1. The lowest BCUT2D eigenvalue weighted by Gasteiger charge is -2.17. The zero-order chi connectivity index (χ0) is 15.3. The van der Waals surface area contributed by atoms with Crippen LogP contribution in [0.15, 0.2) is 48.7 Å². The maximum Gasteiger partial charge on any atom is 0.229 e. The number of carbonyl (C=O) groups excluding carboxylic acids is 1. The molecule has 4 heteroatoms. The highest BCUT2D eigenvalue weighted by Gasteiger charge is 2.20. The van der Waals surface area contributed by atoms with E-state index in [1.807, 2.05) is 63.2 Å². The van der Waals surface area contributed by atoms with Crippen LogP contribution < -0.4 is 10.6 Å². The fourth-order valence-corrected chi connectivity index (χ4v) is 1.69. The Labute approximate surface area is 125 Å². The predicted molar refractivity (Wildman–Crippen MR) is 86.1 cm³/mol. The number of nitrogens with one attached hydrogen (secondary N) is 2. The summed E-state index contributed by atoms with van der Waals surface area (Å²) in [4.78, 5) is 16.2. The van der Waals surface area contributed by atoms with Crippen LogP contribution in [0.2, 0.25) is 0 Å². The highest BCUT2D eigenvalue weighted by Crippen LogP contribution is 2.19. The second-order valence-corrected chi connectivity index (χ2v) is 5.96. The molecule has 0 saturated carbocycles. The molecule has 2 N–H and O–H groups in total. The second-order valence-electron chi connectivity index (χ2n) is 5.96. The van der Waals surface area contributed by atoms with E-state index in [0.717, 1.165) is 17.1 Å². The summed E-state index contributed by atoms with van der Waals surface area (Å²) in [6, 6.07) is 13.5. The molecule has 0 radical (unpaired) electrons. The topological polar surface area (TPSA) is 54.0 Å². The van der Waals surface area contributed by atoms with Crippen LogP contribution in [0.1, 0.15) is 26.5 Å². The number of hydrogen-bond donors (Lipinski definition) is 2. The average molecular weight is 283 g/mol. The van der Waals surface area contributed by atoms with Gasteiger partial charge >= 0.3 is 0 Å². The Hall–Kier alpha value is -2.36. The maximum atomic E-state index is 11.9. The molecule has 0 atom stereocenters. The number of carbonyl (C=O) groups is 1. The van der Waals surface area contributed by atoms with Crippen LogP contribution in [-0.2, 0) is 11.3 Å². The van der Waals surface area contributed by atoms with E-state index in [9.17, 15) is 4.79 Å². The zero-order valence-corrected chi connectivity index (χ0v) is 12.7. The Morgan fingerprint density at radius 3 is 2.29 bits per heavy atom. The van der Waals surface area contributed by atoms with Gasteiger partial charge in [-0.15, -0.1) is 0 Å². The second kappa shape index (κ2) is 6.39. The summed E-state index contributed by atoms with van der Waals surface area (Å²) < 4.78 is 0. The molecule has 1 aromatic heterocycles. The Morgan fingerprint density at radius 1 is 1.05 bits per heavy atom. The Balaban J connectivity index is 1.92. The van der Waals surface area contributed by atoms with Crippen molar-refractivity contribution in [3.63, 3.8) is 0 Å². The first kappa shape index (κ1) is 15.0. The SMILES string of the molecule is CC(C)(C)C(=O)Nc1ccc(NCc2ccccn2)cc1. The molecule has 110 valence electrons. The number of pyridine rings is 1. The third kappa shape index (κ3) is 4.60. The van der Waals surface area contributed by atoms with Crippen LogP contribution in [0.25, 0.3) is 0 Å². The van der Waals surface area contributed by atoms with Crippen molar-refractivity contribution in [1.29, 1.82) is 0 Å². The van der Waals surface area contributed by atoms with E-state index in [2.05, 4.69) is 15.6 Å². The first-order chi connectivity index (χ1) is 9.95. The Bertz CT molecular complexity index is 586. The normalized spacial score (nSPS) is 11.0. The molecule has 0 aliphatic carbocycles. The number of anilines is 2. The number of amides is 1. The lowest BCUT2D eigenvalue weighted by Crippen LogP contribution is -2.27. The van der Waals surface area contributed by atoms with Crippen molar-refractivity contribution in [1.82, 2.24) is 4.98 Å². The summed E-state index contributed by atoms with van der Waals surface area (Å²) in [5, 5.41) is 6.20. The zero-order valence-electron chi connectivity index (χ0n) is 12.7. The molecule has 0 bridgehead atoms. The molecule has 0 unspecified atom stereocenters. The summed E-state index contributed by atoms with van der Waals surface area (Å²) in [6.45, 7) is 6.36. The minimum absolute atomic E-state index is 0.0108. The van der Waals surface area contributed by atoms with Crippen molar-refractivity contribution >= 4 is 17.3 Å². The Kier molecular flexibility index (Phi) is 4.58. The van der Waals surface area contributed by atoms with Gasteiger partial charge in [-0.25, -0.2) is 0 Å². The predicted octanol–water partition coefficient (Wildman–Crippen LogP) is 3.68. The van der Waals surface area contributed by atoms with Crippen LogP contribution in [0, 0.1) is 5.41 Å². The van der Waals surface area contributed by atoms with E-state index in [1.54, 1.807) is 6.20 Å². The minimum Gasteiger partial charge on any atom is -0.379 e. The number of nitrogens with zero attached hydrogens (tertiary/aromatic N) is 1. The number of rotatable bonds is 4. The molecule has 2 rings (SSSR count). The van der Waals surface area contributed by atoms with E-state index in [1.165, 1.54) is 0 Å². The van der Waals surface area contributed by atoms with Gasteiger partial charge in [0, 0.05) is 23.0 Å². The summed E-state index contributed by atoms with van der Waals surface area (Å²) in [5.41, 5.74) is 2.39. The molecule has 0 aliphatic heterocycles. The van der Waals surface area contributed by atoms with Gasteiger partial charge in [0.1, 0.15) is 0 Å². The van der Waals surface area contributed by atoms with Crippen molar-refractivity contribution < 1.29 is 4.79 Å². The molecule has 1 aromatic carbocycles. The molecule has 1 heterocycles. The van der Waals surface area contributed by atoms with Gasteiger partial charge in [-0.2, -0.15) is 0 Å².